The molecule has 3 aromatic carbocycles. The maximum Gasteiger partial charge on any atom is 0.156 e. The standard InChI is InChI=1S/C25H28O3/c1-18(2)24-22(26-4)16-21(17-23(24)27-5)28-25(3,19-12-8-6-9-13-19)20-14-10-7-11-15-20/h6-18H,1-5H3. The minimum absolute atomic E-state index is 0.272. The molecule has 0 aliphatic rings. The molecule has 3 nitrogen and oxygen atoms in total. The Bertz CT molecular complexity index is 837. The summed E-state index contributed by atoms with van der Waals surface area (Å²) in [5.41, 5.74) is 2.54. The summed E-state index contributed by atoms with van der Waals surface area (Å²) in [4.78, 5) is 0. The van der Waals surface area contributed by atoms with E-state index in [-0.39, 0.29) is 5.92 Å². The fraction of sp³-hybridized carbons (Fsp3) is 0.280. The van der Waals surface area contributed by atoms with Crippen molar-refractivity contribution in [2.24, 2.45) is 0 Å². The van der Waals surface area contributed by atoms with E-state index in [2.05, 4.69) is 45.0 Å². The second-order valence-electron chi connectivity index (χ2n) is 7.26. The van der Waals surface area contributed by atoms with E-state index in [0.717, 1.165) is 28.2 Å². The van der Waals surface area contributed by atoms with Crippen LogP contribution in [-0.2, 0) is 5.60 Å². The van der Waals surface area contributed by atoms with Crippen LogP contribution >= 0.6 is 0 Å². The van der Waals surface area contributed by atoms with Crippen LogP contribution in [0.15, 0.2) is 72.8 Å². The smallest absolute Gasteiger partial charge is 0.156 e. The zero-order valence-electron chi connectivity index (χ0n) is 17.2. The molecular weight excluding hydrogens is 348 g/mol. The van der Waals surface area contributed by atoms with Gasteiger partial charge in [-0.1, -0.05) is 74.5 Å². The molecule has 0 radical (unpaired) electrons. The topological polar surface area (TPSA) is 27.7 Å². The molecule has 0 heterocycles. The molecule has 3 rings (SSSR count). The summed E-state index contributed by atoms with van der Waals surface area (Å²) in [5.74, 6) is 2.52. The third-order valence-corrected chi connectivity index (χ3v) is 5.07. The summed E-state index contributed by atoms with van der Waals surface area (Å²) in [7, 11) is 3.36. The minimum Gasteiger partial charge on any atom is -0.496 e. The Balaban J connectivity index is 2.12. The highest BCUT2D eigenvalue weighted by Crippen LogP contribution is 2.42. The summed E-state index contributed by atoms with van der Waals surface area (Å²) in [5, 5.41) is 0. The summed E-state index contributed by atoms with van der Waals surface area (Å²) in [6.45, 7) is 6.34. The molecule has 0 fully saturated rings. The van der Waals surface area contributed by atoms with Gasteiger partial charge in [-0.15, -0.1) is 0 Å². The van der Waals surface area contributed by atoms with Gasteiger partial charge in [0.1, 0.15) is 17.2 Å². The average Bonchev–Trinajstić information content (AvgIpc) is 2.73. The highest BCUT2D eigenvalue weighted by molar-refractivity contribution is 5.53. The second kappa shape index (κ2) is 8.39. The Hall–Kier alpha value is -2.94. The summed E-state index contributed by atoms with van der Waals surface area (Å²) < 4.78 is 17.9. The lowest BCUT2D eigenvalue weighted by molar-refractivity contribution is 0.131. The summed E-state index contributed by atoms with van der Waals surface area (Å²) in [6.07, 6.45) is 0. The minimum atomic E-state index is -0.655. The molecule has 0 atom stereocenters. The largest absolute Gasteiger partial charge is 0.496 e. The first kappa shape index (κ1) is 19.8. The molecule has 0 spiro atoms. The molecule has 0 bridgehead atoms. The van der Waals surface area contributed by atoms with E-state index in [9.17, 15) is 0 Å². The molecule has 0 saturated carbocycles. The van der Waals surface area contributed by atoms with Gasteiger partial charge < -0.3 is 14.2 Å². The van der Waals surface area contributed by atoms with Crippen LogP contribution in [0.4, 0.5) is 0 Å². The molecule has 0 N–H and O–H groups in total. The summed E-state index contributed by atoms with van der Waals surface area (Å²) in [6, 6.07) is 24.4. The van der Waals surface area contributed by atoms with Crippen molar-refractivity contribution in [3.63, 3.8) is 0 Å². The van der Waals surface area contributed by atoms with Crippen molar-refractivity contribution in [2.75, 3.05) is 14.2 Å². The lowest BCUT2D eigenvalue weighted by Gasteiger charge is -2.32. The maximum atomic E-state index is 6.63. The van der Waals surface area contributed by atoms with Crippen molar-refractivity contribution >= 4 is 0 Å². The number of methoxy groups -OCH3 is 2. The van der Waals surface area contributed by atoms with Gasteiger partial charge in [0.15, 0.2) is 5.60 Å². The van der Waals surface area contributed by atoms with Gasteiger partial charge in [-0.3, -0.25) is 0 Å². The van der Waals surface area contributed by atoms with Gasteiger partial charge >= 0.3 is 0 Å². The lowest BCUT2D eigenvalue weighted by atomic mass is 9.88. The number of benzene rings is 3. The van der Waals surface area contributed by atoms with Gasteiger partial charge in [-0.05, 0) is 24.0 Å². The predicted molar refractivity (Wildman–Crippen MR) is 114 cm³/mol. The second-order valence-corrected chi connectivity index (χ2v) is 7.26. The molecule has 0 aliphatic carbocycles. The first-order valence-corrected chi connectivity index (χ1v) is 9.55. The molecule has 0 aromatic heterocycles. The Labute approximate surface area is 167 Å². The SMILES string of the molecule is COc1cc(OC(C)(c2ccccc2)c2ccccc2)cc(OC)c1C(C)C. The normalized spacial score (nSPS) is 11.4. The predicted octanol–water partition coefficient (Wildman–Crippen LogP) is 6.17. The van der Waals surface area contributed by atoms with Crippen molar-refractivity contribution < 1.29 is 14.2 Å². The number of rotatable bonds is 7. The molecular formula is C25H28O3. The van der Waals surface area contributed by atoms with Gasteiger partial charge in [0.25, 0.3) is 0 Å². The van der Waals surface area contributed by atoms with Crippen molar-refractivity contribution in [3.8, 4) is 17.2 Å². The molecule has 28 heavy (non-hydrogen) atoms. The van der Waals surface area contributed by atoms with Gasteiger partial charge in [-0.25, -0.2) is 0 Å². The number of hydrogen-bond donors (Lipinski definition) is 0. The Morgan fingerprint density at radius 3 is 1.50 bits per heavy atom. The quantitative estimate of drug-likeness (QED) is 0.493. The first-order chi connectivity index (χ1) is 13.5. The average molecular weight is 376 g/mol. The Morgan fingerprint density at radius 2 is 1.14 bits per heavy atom. The molecule has 0 unspecified atom stereocenters. The lowest BCUT2D eigenvalue weighted by Crippen LogP contribution is -2.31. The Kier molecular flexibility index (Phi) is 5.93. The van der Waals surface area contributed by atoms with E-state index in [1.807, 2.05) is 48.5 Å². The van der Waals surface area contributed by atoms with Crippen LogP contribution in [0.3, 0.4) is 0 Å². The van der Waals surface area contributed by atoms with E-state index >= 15 is 0 Å². The summed E-state index contributed by atoms with van der Waals surface area (Å²) >= 11 is 0. The van der Waals surface area contributed by atoms with E-state index in [1.165, 1.54) is 0 Å². The van der Waals surface area contributed by atoms with Gasteiger partial charge in [0.2, 0.25) is 0 Å². The molecule has 3 heteroatoms. The number of ether oxygens (including phenoxy) is 3. The molecule has 3 aromatic rings. The van der Waals surface area contributed by atoms with Crippen molar-refractivity contribution in [1.29, 1.82) is 0 Å². The highest BCUT2D eigenvalue weighted by Gasteiger charge is 2.32. The van der Waals surface area contributed by atoms with Crippen molar-refractivity contribution in [1.82, 2.24) is 0 Å². The van der Waals surface area contributed by atoms with Crippen LogP contribution in [0.5, 0.6) is 17.2 Å². The fourth-order valence-electron chi connectivity index (χ4n) is 3.58. The monoisotopic (exact) mass is 376 g/mol. The highest BCUT2D eigenvalue weighted by atomic mass is 16.5. The molecule has 146 valence electrons. The van der Waals surface area contributed by atoms with Crippen LogP contribution in [0.1, 0.15) is 43.4 Å². The zero-order valence-corrected chi connectivity index (χ0v) is 17.2. The fourth-order valence-corrected chi connectivity index (χ4v) is 3.58. The van der Waals surface area contributed by atoms with Crippen LogP contribution in [0, 0.1) is 0 Å². The van der Waals surface area contributed by atoms with Gasteiger partial charge in [0, 0.05) is 17.7 Å². The van der Waals surface area contributed by atoms with Crippen molar-refractivity contribution in [3.05, 3.63) is 89.5 Å². The van der Waals surface area contributed by atoms with Crippen LogP contribution in [-0.4, -0.2) is 14.2 Å². The van der Waals surface area contributed by atoms with Gasteiger partial charge in [-0.2, -0.15) is 0 Å². The van der Waals surface area contributed by atoms with E-state index in [0.29, 0.717) is 5.75 Å². The number of hydrogen-bond acceptors (Lipinski definition) is 3. The van der Waals surface area contributed by atoms with Crippen LogP contribution < -0.4 is 14.2 Å². The van der Waals surface area contributed by atoms with E-state index < -0.39 is 5.60 Å². The third kappa shape index (κ3) is 3.84. The van der Waals surface area contributed by atoms with E-state index in [4.69, 9.17) is 14.2 Å². The zero-order chi connectivity index (χ0) is 20.1. The van der Waals surface area contributed by atoms with Gasteiger partial charge in [0.05, 0.1) is 14.2 Å². The van der Waals surface area contributed by atoms with Crippen LogP contribution in [0.25, 0.3) is 0 Å². The molecule has 0 aliphatic heterocycles. The molecule has 0 amide bonds. The third-order valence-electron chi connectivity index (χ3n) is 5.07. The first-order valence-electron chi connectivity index (χ1n) is 9.55. The maximum absolute atomic E-state index is 6.63. The van der Waals surface area contributed by atoms with Crippen molar-refractivity contribution in [2.45, 2.75) is 32.3 Å². The molecule has 0 saturated heterocycles. The van der Waals surface area contributed by atoms with Crippen LogP contribution in [0.2, 0.25) is 0 Å². The Morgan fingerprint density at radius 1 is 0.714 bits per heavy atom. The van der Waals surface area contributed by atoms with E-state index in [1.54, 1.807) is 14.2 Å².